The summed E-state index contributed by atoms with van der Waals surface area (Å²) in [4.78, 5) is 23.2. The van der Waals surface area contributed by atoms with Crippen LogP contribution in [0.2, 0.25) is 0 Å². The van der Waals surface area contributed by atoms with Crippen LogP contribution in [0.4, 0.5) is 0 Å². The highest BCUT2D eigenvalue weighted by atomic mass is 16.7. The number of rotatable bonds is 9. The van der Waals surface area contributed by atoms with Crippen molar-refractivity contribution < 1.29 is 59.2 Å². The predicted molar refractivity (Wildman–Crippen MR) is 105 cm³/mol. The summed E-state index contributed by atoms with van der Waals surface area (Å²) in [5.41, 5.74) is 0.416. The molecule has 0 amide bonds. The fourth-order valence-electron chi connectivity index (χ4n) is 2.79. The van der Waals surface area contributed by atoms with Crippen molar-refractivity contribution in [2.75, 3.05) is 19.8 Å². The lowest BCUT2D eigenvalue weighted by Crippen LogP contribution is -2.59. The first kappa shape index (κ1) is 25.5. The molecule has 0 unspecified atom stereocenters. The molecule has 6 N–H and O–H groups in total. The third-order valence-corrected chi connectivity index (χ3v) is 4.45. The maximum Gasteiger partial charge on any atom is 0.330 e. The van der Waals surface area contributed by atoms with Gasteiger partial charge in [-0.3, -0.25) is 4.79 Å². The van der Waals surface area contributed by atoms with Gasteiger partial charge in [0.1, 0.15) is 31.0 Å². The van der Waals surface area contributed by atoms with Crippen molar-refractivity contribution in [3.05, 3.63) is 29.8 Å². The molecule has 0 aromatic heterocycles. The number of carbonyl (C=O) groups excluding carboxylic acids is 2. The van der Waals surface area contributed by atoms with Gasteiger partial charge in [0.15, 0.2) is 23.9 Å². The van der Waals surface area contributed by atoms with Crippen LogP contribution in [0.3, 0.4) is 0 Å². The van der Waals surface area contributed by atoms with Crippen LogP contribution in [0.1, 0.15) is 12.5 Å². The molecule has 1 fully saturated rings. The van der Waals surface area contributed by atoms with E-state index < -0.39 is 68.6 Å². The maximum absolute atomic E-state index is 11.9. The molecule has 0 saturated carbocycles. The zero-order valence-corrected chi connectivity index (χ0v) is 17.1. The molecule has 0 bridgehead atoms. The van der Waals surface area contributed by atoms with E-state index in [0.717, 1.165) is 13.0 Å². The molecule has 0 aliphatic carbocycles. The first-order valence-corrected chi connectivity index (χ1v) is 9.58. The molecule has 1 aliphatic heterocycles. The molecule has 12 nitrogen and oxygen atoms in total. The first-order chi connectivity index (χ1) is 15.1. The fraction of sp³-hybridized carbons (Fsp3) is 0.500. The van der Waals surface area contributed by atoms with Crippen LogP contribution in [-0.2, 0) is 28.5 Å². The van der Waals surface area contributed by atoms with Crippen LogP contribution in [0.25, 0.3) is 6.08 Å². The molecule has 0 spiro atoms. The van der Waals surface area contributed by atoms with Gasteiger partial charge in [-0.15, -0.1) is 0 Å². The molecule has 6 atom stereocenters. The largest absolute Gasteiger partial charge is 0.504 e. The zero-order valence-electron chi connectivity index (χ0n) is 17.1. The molecule has 1 aliphatic rings. The number of aromatic hydroxyl groups is 2. The molecular formula is C20H26O12. The second kappa shape index (κ2) is 11.8. The average Bonchev–Trinajstić information content (AvgIpc) is 2.75. The van der Waals surface area contributed by atoms with Gasteiger partial charge in [0, 0.05) is 13.0 Å². The summed E-state index contributed by atoms with van der Waals surface area (Å²) < 4.78 is 20.5. The Morgan fingerprint density at radius 2 is 1.81 bits per heavy atom. The Hall–Kier alpha value is -2.74. The Balaban J connectivity index is 1.91. The topological polar surface area (TPSA) is 192 Å². The van der Waals surface area contributed by atoms with Crippen molar-refractivity contribution in [2.45, 2.75) is 43.7 Å². The summed E-state index contributed by atoms with van der Waals surface area (Å²) in [6.45, 7) is -0.326. The third-order valence-electron chi connectivity index (χ3n) is 4.45. The standard InChI is InChI=1S/C20H26O12/c1-10(22)31-12(9-30-20-19(28)18(27)17(26)15(7-21)32-20)8-29-16(25)5-3-11-2-4-13(23)14(24)6-11/h2-6,12,15,17-21,23-24,26-28H,7-9H2,1H3/b5-3+/t12-,15-,17-,18+,19-,20-/m1/s1. The van der Waals surface area contributed by atoms with Crippen molar-refractivity contribution in [3.63, 3.8) is 0 Å². The molecule has 178 valence electrons. The summed E-state index contributed by atoms with van der Waals surface area (Å²) in [6.07, 6.45) is -6.16. The van der Waals surface area contributed by atoms with Crippen LogP contribution >= 0.6 is 0 Å². The minimum absolute atomic E-state index is 0.312. The minimum Gasteiger partial charge on any atom is -0.504 e. The Kier molecular flexibility index (Phi) is 9.38. The van der Waals surface area contributed by atoms with Crippen LogP contribution in [0.5, 0.6) is 11.5 Å². The number of aliphatic hydroxyl groups is 4. The molecular weight excluding hydrogens is 432 g/mol. The Morgan fingerprint density at radius 3 is 2.44 bits per heavy atom. The SMILES string of the molecule is CC(=O)O[C@H](COC(=O)/C=C/c1ccc(O)c(O)c1)CO[C@@H]1O[C@H](CO)[C@@H](O)[C@H](O)[C@H]1O. The highest BCUT2D eigenvalue weighted by Gasteiger charge is 2.44. The van der Waals surface area contributed by atoms with Crippen molar-refractivity contribution in [1.29, 1.82) is 0 Å². The van der Waals surface area contributed by atoms with E-state index in [1.54, 1.807) is 0 Å². The van der Waals surface area contributed by atoms with Gasteiger partial charge in [0.05, 0.1) is 13.2 Å². The first-order valence-electron chi connectivity index (χ1n) is 9.58. The number of carbonyl (C=O) groups is 2. The van der Waals surface area contributed by atoms with Crippen LogP contribution in [0.15, 0.2) is 24.3 Å². The molecule has 2 rings (SSSR count). The van der Waals surface area contributed by atoms with E-state index >= 15 is 0 Å². The molecule has 0 radical (unpaired) electrons. The van der Waals surface area contributed by atoms with Gasteiger partial charge >= 0.3 is 11.9 Å². The second-order valence-corrected chi connectivity index (χ2v) is 6.97. The number of benzene rings is 1. The van der Waals surface area contributed by atoms with Gasteiger partial charge < -0.3 is 49.6 Å². The van der Waals surface area contributed by atoms with Crippen molar-refractivity contribution in [3.8, 4) is 11.5 Å². The lowest BCUT2D eigenvalue weighted by atomic mass is 9.99. The molecule has 1 saturated heterocycles. The van der Waals surface area contributed by atoms with Crippen LogP contribution in [-0.4, -0.2) is 99.2 Å². The summed E-state index contributed by atoms with van der Waals surface area (Å²) in [5.74, 6) is -2.17. The number of phenols is 2. The van der Waals surface area contributed by atoms with Crippen molar-refractivity contribution >= 4 is 18.0 Å². The predicted octanol–water partition coefficient (Wildman–Crippen LogP) is -1.60. The van der Waals surface area contributed by atoms with E-state index in [9.17, 15) is 40.2 Å². The Morgan fingerprint density at radius 1 is 1.09 bits per heavy atom. The number of ether oxygens (including phenoxy) is 4. The van der Waals surface area contributed by atoms with Crippen LogP contribution in [0, 0.1) is 0 Å². The van der Waals surface area contributed by atoms with Crippen molar-refractivity contribution in [2.24, 2.45) is 0 Å². The van der Waals surface area contributed by atoms with Gasteiger partial charge in [0.2, 0.25) is 0 Å². The van der Waals surface area contributed by atoms with E-state index in [4.69, 9.17) is 18.9 Å². The Bertz CT molecular complexity index is 808. The summed E-state index contributed by atoms with van der Waals surface area (Å²) in [5, 5.41) is 57.4. The minimum atomic E-state index is -1.64. The number of hydrogen-bond acceptors (Lipinski definition) is 12. The van der Waals surface area contributed by atoms with Gasteiger partial charge in [-0.25, -0.2) is 4.79 Å². The molecule has 12 heteroatoms. The van der Waals surface area contributed by atoms with Gasteiger partial charge in [0.25, 0.3) is 0 Å². The highest BCUT2D eigenvalue weighted by molar-refractivity contribution is 5.87. The number of hydrogen-bond donors (Lipinski definition) is 6. The van der Waals surface area contributed by atoms with E-state index in [1.807, 2.05) is 0 Å². The monoisotopic (exact) mass is 458 g/mol. The van der Waals surface area contributed by atoms with Gasteiger partial charge in [-0.05, 0) is 23.8 Å². The Labute approximate surface area is 182 Å². The lowest BCUT2D eigenvalue weighted by molar-refractivity contribution is -0.305. The normalized spacial score (nSPS) is 26.6. The average molecular weight is 458 g/mol. The van der Waals surface area contributed by atoms with Gasteiger partial charge in [-0.1, -0.05) is 6.07 Å². The van der Waals surface area contributed by atoms with E-state index in [2.05, 4.69) is 0 Å². The van der Waals surface area contributed by atoms with E-state index in [-0.39, 0.29) is 11.5 Å². The quantitative estimate of drug-likeness (QED) is 0.141. The van der Waals surface area contributed by atoms with Crippen LogP contribution < -0.4 is 0 Å². The highest BCUT2D eigenvalue weighted by Crippen LogP contribution is 2.25. The second-order valence-electron chi connectivity index (χ2n) is 6.97. The molecule has 1 heterocycles. The maximum atomic E-state index is 11.9. The van der Waals surface area contributed by atoms with E-state index in [1.165, 1.54) is 24.3 Å². The zero-order chi connectivity index (χ0) is 23.8. The number of aliphatic hydroxyl groups excluding tert-OH is 4. The number of phenolic OH excluding ortho intramolecular Hbond substituents is 2. The summed E-state index contributed by atoms with van der Waals surface area (Å²) >= 11 is 0. The lowest BCUT2D eigenvalue weighted by Gasteiger charge is -2.39. The third kappa shape index (κ3) is 7.15. The van der Waals surface area contributed by atoms with Gasteiger partial charge in [-0.2, -0.15) is 0 Å². The van der Waals surface area contributed by atoms with Crippen molar-refractivity contribution in [1.82, 2.24) is 0 Å². The van der Waals surface area contributed by atoms with E-state index in [0.29, 0.717) is 5.56 Å². The fourth-order valence-corrected chi connectivity index (χ4v) is 2.79. The smallest absolute Gasteiger partial charge is 0.330 e. The molecule has 1 aromatic carbocycles. The number of esters is 2. The molecule has 1 aromatic rings. The molecule has 32 heavy (non-hydrogen) atoms. The summed E-state index contributed by atoms with van der Waals surface area (Å²) in [6, 6.07) is 3.93. The summed E-state index contributed by atoms with van der Waals surface area (Å²) in [7, 11) is 0.